The van der Waals surface area contributed by atoms with Crippen molar-refractivity contribution in [2.24, 2.45) is 0 Å². The van der Waals surface area contributed by atoms with Gasteiger partial charge in [0.05, 0.1) is 12.7 Å². The molecule has 1 atom stereocenters. The van der Waals surface area contributed by atoms with Crippen molar-refractivity contribution in [3.05, 3.63) is 60.4 Å². The second-order valence-electron chi connectivity index (χ2n) is 5.89. The van der Waals surface area contributed by atoms with Crippen LogP contribution in [0.3, 0.4) is 0 Å². The first-order valence-electron chi connectivity index (χ1n) is 7.95. The molecule has 2 N–H and O–H groups in total. The smallest absolute Gasteiger partial charge is 0.253 e. The Morgan fingerprint density at radius 2 is 2.04 bits per heavy atom. The van der Waals surface area contributed by atoms with Crippen LogP contribution in [0.4, 0.5) is 10.1 Å². The quantitative estimate of drug-likeness (QED) is 0.704. The number of halogens is 1. The molecule has 2 aromatic heterocycles. The molecule has 0 spiro atoms. The van der Waals surface area contributed by atoms with E-state index in [0.29, 0.717) is 12.1 Å². The van der Waals surface area contributed by atoms with Gasteiger partial charge in [-0.2, -0.15) is 5.10 Å². The second kappa shape index (κ2) is 6.80. The lowest BCUT2D eigenvalue weighted by molar-refractivity contribution is -0.117. The highest BCUT2D eigenvalue weighted by Gasteiger charge is 2.32. The van der Waals surface area contributed by atoms with Crippen LogP contribution in [0.2, 0.25) is 0 Å². The van der Waals surface area contributed by atoms with Crippen molar-refractivity contribution in [2.75, 3.05) is 10.8 Å². The molecule has 10 heteroatoms. The van der Waals surface area contributed by atoms with Crippen LogP contribution in [-0.4, -0.2) is 36.5 Å². The Balaban J connectivity index is 1.68. The van der Waals surface area contributed by atoms with E-state index in [0.717, 1.165) is 9.87 Å². The minimum atomic E-state index is -1.94. The van der Waals surface area contributed by atoms with Gasteiger partial charge in [-0.3, -0.25) is 23.5 Å². The second-order valence-corrected chi connectivity index (χ2v) is 7.03. The van der Waals surface area contributed by atoms with Crippen molar-refractivity contribution in [2.45, 2.75) is 6.54 Å². The normalized spacial score (nSPS) is 16.6. The first-order valence-corrected chi connectivity index (χ1v) is 9.05. The number of phenols is 1. The molecule has 27 heavy (non-hydrogen) atoms. The molecule has 0 aliphatic carbocycles. The fourth-order valence-corrected chi connectivity index (χ4v) is 3.76. The summed E-state index contributed by atoms with van der Waals surface area (Å²) in [5.74, 6) is -1.68. The number of hydrogen-bond acceptors (Lipinski definition) is 5. The van der Waals surface area contributed by atoms with E-state index in [1.165, 1.54) is 18.3 Å². The zero-order valence-corrected chi connectivity index (χ0v) is 14.7. The molecule has 1 aliphatic rings. The number of benzene rings is 1. The number of hydrogen-bond donors (Lipinski definition) is 2. The zero-order chi connectivity index (χ0) is 19.0. The summed E-state index contributed by atoms with van der Waals surface area (Å²) in [6, 6.07) is 6.42. The number of amides is 1. The number of carbonyl (C=O) groups is 1. The molecule has 4 rings (SSSR count). The molecule has 0 radical (unpaired) electrons. The van der Waals surface area contributed by atoms with E-state index in [9.17, 15) is 14.1 Å². The van der Waals surface area contributed by atoms with Gasteiger partial charge in [0.15, 0.2) is 5.82 Å². The third kappa shape index (κ3) is 3.26. The minimum absolute atomic E-state index is 0.181. The molecule has 1 fully saturated rings. The number of aromatic nitrogens is 3. The number of aromatic hydroxyl groups is 1. The molecule has 3 aromatic rings. The first kappa shape index (κ1) is 17.2. The van der Waals surface area contributed by atoms with Gasteiger partial charge in [-0.1, -0.05) is 0 Å². The number of nitrogens with one attached hydrogen (secondary N) is 1. The van der Waals surface area contributed by atoms with E-state index in [1.54, 1.807) is 23.3 Å². The molecule has 1 amide bonds. The van der Waals surface area contributed by atoms with E-state index in [2.05, 4.69) is 14.8 Å². The van der Waals surface area contributed by atoms with Crippen molar-refractivity contribution in [3.63, 3.8) is 0 Å². The number of anilines is 1. The van der Waals surface area contributed by atoms with Gasteiger partial charge in [-0.05, 0) is 29.8 Å². The summed E-state index contributed by atoms with van der Waals surface area (Å²) >= 11 is -1.94. The summed E-state index contributed by atoms with van der Waals surface area (Å²) in [5.41, 5.74) is 1.38. The van der Waals surface area contributed by atoms with Crippen molar-refractivity contribution < 1.29 is 18.5 Å². The Kier molecular flexibility index (Phi) is 4.32. The summed E-state index contributed by atoms with van der Waals surface area (Å²) in [5, 5.41) is 14.3. The molecule has 1 saturated heterocycles. The van der Waals surface area contributed by atoms with Gasteiger partial charge in [0.2, 0.25) is 11.2 Å². The average molecular weight is 387 g/mol. The molecule has 1 aromatic carbocycles. The van der Waals surface area contributed by atoms with Crippen LogP contribution in [0.25, 0.3) is 11.1 Å². The van der Waals surface area contributed by atoms with Crippen molar-refractivity contribution in [1.82, 2.24) is 19.5 Å². The Hall–Kier alpha value is -3.27. The monoisotopic (exact) mass is 387 g/mol. The number of rotatable bonds is 4. The number of nitrogens with zero attached hydrogens (tertiary/aromatic N) is 4. The third-order valence-electron chi connectivity index (χ3n) is 4.07. The van der Waals surface area contributed by atoms with Crippen LogP contribution in [0.15, 0.2) is 49.1 Å². The summed E-state index contributed by atoms with van der Waals surface area (Å²) in [6.45, 7) is 0.186. The maximum atomic E-state index is 15.1. The summed E-state index contributed by atoms with van der Waals surface area (Å²) in [6.07, 6.45) is 6.53. The minimum Gasteiger partial charge on any atom is -0.506 e. The lowest BCUT2D eigenvalue weighted by atomic mass is 10.1. The molecule has 1 unspecified atom stereocenters. The van der Waals surface area contributed by atoms with E-state index in [-0.39, 0.29) is 17.8 Å². The molecule has 0 bridgehead atoms. The first-order chi connectivity index (χ1) is 13.0. The van der Waals surface area contributed by atoms with Crippen LogP contribution < -0.4 is 9.03 Å². The maximum absolute atomic E-state index is 15.1. The lowest BCUT2D eigenvalue weighted by Crippen LogP contribution is -2.23. The standard InChI is InChI=1S/C17H14FN5O3S/c18-16-13(1-2-14(24)17(16)23-10-15(25)21-27(23)26)12-7-20-22(9-12)8-11-3-5-19-6-4-11/h1-7,9,24H,8,10H2,(H,21,25). The van der Waals surface area contributed by atoms with E-state index in [4.69, 9.17) is 0 Å². The highest BCUT2D eigenvalue weighted by Crippen LogP contribution is 2.37. The topological polar surface area (TPSA) is 100 Å². The van der Waals surface area contributed by atoms with Crippen molar-refractivity contribution >= 4 is 22.8 Å². The SMILES string of the molecule is O=C1CN(c2c(O)ccc(-c3cnn(Cc4ccncc4)c3)c2F)S(=O)N1. The average Bonchev–Trinajstić information content (AvgIpc) is 3.22. The fraction of sp³-hybridized carbons (Fsp3) is 0.118. The molecule has 1 aliphatic heterocycles. The molecule has 3 heterocycles. The highest BCUT2D eigenvalue weighted by atomic mass is 32.2. The van der Waals surface area contributed by atoms with Crippen LogP contribution >= 0.6 is 0 Å². The van der Waals surface area contributed by atoms with Gasteiger partial charge in [0.25, 0.3) is 5.91 Å². The van der Waals surface area contributed by atoms with Gasteiger partial charge >= 0.3 is 0 Å². The highest BCUT2D eigenvalue weighted by molar-refractivity contribution is 7.85. The van der Waals surface area contributed by atoms with Crippen LogP contribution in [0.1, 0.15) is 5.56 Å². The van der Waals surface area contributed by atoms with Gasteiger partial charge in [-0.15, -0.1) is 0 Å². The number of phenolic OH excluding ortho intramolecular Hbond substituents is 1. The Morgan fingerprint density at radius 1 is 1.26 bits per heavy atom. The Labute approximate surface area is 156 Å². The Bertz CT molecular complexity index is 1040. The zero-order valence-electron chi connectivity index (χ0n) is 13.9. The number of carbonyl (C=O) groups excluding carboxylic acids is 1. The summed E-state index contributed by atoms with van der Waals surface area (Å²) in [4.78, 5) is 15.4. The maximum Gasteiger partial charge on any atom is 0.253 e. The predicted molar refractivity (Wildman–Crippen MR) is 96.3 cm³/mol. The molecular weight excluding hydrogens is 373 g/mol. The number of pyridine rings is 1. The van der Waals surface area contributed by atoms with Gasteiger partial charge in [-0.25, -0.2) is 8.60 Å². The van der Waals surface area contributed by atoms with Gasteiger partial charge < -0.3 is 5.11 Å². The predicted octanol–water partition coefficient (Wildman–Crippen LogP) is 1.35. The molecule has 8 nitrogen and oxygen atoms in total. The largest absolute Gasteiger partial charge is 0.506 e. The van der Waals surface area contributed by atoms with Crippen LogP contribution in [-0.2, 0) is 22.5 Å². The van der Waals surface area contributed by atoms with E-state index < -0.39 is 28.6 Å². The molecule has 138 valence electrons. The van der Waals surface area contributed by atoms with E-state index >= 15 is 4.39 Å². The third-order valence-corrected chi connectivity index (χ3v) is 5.19. The summed E-state index contributed by atoms with van der Waals surface area (Å²) in [7, 11) is 0. The summed E-state index contributed by atoms with van der Waals surface area (Å²) < 4.78 is 31.8. The molecular formula is C17H14FN5O3S. The van der Waals surface area contributed by atoms with Gasteiger partial charge in [0, 0.05) is 29.7 Å². The Morgan fingerprint density at radius 3 is 2.74 bits per heavy atom. The van der Waals surface area contributed by atoms with Crippen molar-refractivity contribution in [1.29, 1.82) is 0 Å². The lowest BCUT2D eigenvalue weighted by Gasteiger charge is -2.17. The van der Waals surface area contributed by atoms with Crippen molar-refractivity contribution in [3.8, 4) is 16.9 Å². The fourth-order valence-electron chi connectivity index (χ4n) is 2.81. The van der Waals surface area contributed by atoms with Crippen LogP contribution in [0, 0.1) is 5.82 Å². The molecule has 0 saturated carbocycles. The van der Waals surface area contributed by atoms with E-state index in [1.807, 2.05) is 12.1 Å². The van der Waals surface area contributed by atoms with Gasteiger partial charge in [0.1, 0.15) is 18.0 Å². The van der Waals surface area contributed by atoms with Crippen LogP contribution in [0.5, 0.6) is 5.75 Å².